The lowest BCUT2D eigenvalue weighted by Crippen LogP contribution is -2.33. The van der Waals surface area contributed by atoms with Gasteiger partial charge in [0.25, 0.3) is 0 Å². The molecule has 0 saturated heterocycles. The number of nitrogens with one attached hydrogen (secondary N) is 1. The highest BCUT2D eigenvalue weighted by Crippen LogP contribution is 2.40. The number of nitrogens with zero attached hydrogens (tertiary/aromatic N) is 3. The number of hydrogen-bond acceptors (Lipinski definition) is 4. The molecule has 0 unspecified atom stereocenters. The van der Waals surface area contributed by atoms with Crippen LogP contribution in [0.25, 0.3) is 5.69 Å². The van der Waals surface area contributed by atoms with Gasteiger partial charge in [-0.25, -0.2) is 14.1 Å². The highest BCUT2D eigenvalue weighted by Gasteiger charge is 2.31. The van der Waals surface area contributed by atoms with Crippen molar-refractivity contribution >= 4 is 17.7 Å². The Bertz CT molecular complexity index is 986. The van der Waals surface area contributed by atoms with Crippen LogP contribution in [0.4, 0.5) is 4.39 Å². The van der Waals surface area contributed by atoms with Gasteiger partial charge in [-0.05, 0) is 56.5 Å². The number of thioether (sulfide) groups is 1. The Kier molecular flexibility index (Phi) is 5.67. The van der Waals surface area contributed by atoms with Gasteiger partial charge in [0, 0.05) is 5.92 Å². The maximum atomic E-state index is 13.1. The van der Waals surface area contributed by atoms with E-state index in [9.17, 15) is 9.18 Å². The summed E-state index contributed by atoms with van der Waals surface area (Å²) in [6.07, 6.45) is 2.25. The number of para-hydroxylation sites is 1. The second-order valence-corrected chi connectivity index (χ2v) is 8.62. The zero-order valence-corrected chi connectivity index (χ0v) is 17.2. The number of halogens is 1. The van der Waals surface area contributed by atoms with Crippen LogP contribution in [0.2, 0.25) is 0 Å². The zero-order valence-electron chi connectivity index (χ0n) is 16.4. The van der Waals surface area contributed by atoms with Crippen LogP contribution >= 0.6 is 11.8 Å². The van der Waals surface area contributed by atoms with Gasteiger partial charge in [-0.15, -0.1) is 5.10 Å². The summed E-state index contributed by atoms with van der Waals surface area (Å²) in [5, 5.41) is 7.89. The summed E-state index contributed by atoms with van der Waals surface area (Å²) in [6.45, 7) is 3.73. The molecule has 0 radical (unpaired) electrons. The lowest BCUT2D eigenvalue weighted by atomic mass is 10.1. The normalized spacial score (nSPS) is 15.7. The van der Waals surface area contributed by atoms with Gasteiger partial charge in [-0.1, -0.05) is 42.1 Å². The molecule has 2 aromatic carbocycles. The van der Waals surface area contributed by atoms with E-state index in [4.69, 9.17) is 4.98 Å². The molecular formula is C22H23FN4OS. The molecule has 2 atom stereocenters. The summed E-state index contributed by atoms with van der Waals surface area (Å²) in [7, 11) is 0. The van der Waals surface area contributed by atoms with Gasteiger partial charge >= 0.3 is 0 Å². The standard InChI is InChI=1S/C22H23FN4OS/c1-14(16-10-12-18(23)13-11-16)24-21(28)15(2)29-22-25-20(17-8-9-17)27(26-22)19-6-4-3-5-7-19/h3-7,10-15,17H,8-9H2,1-2H3,(H,24,28)/t14-,15+/m1/s1. The van der Waals surface area contributed by atoms with Gasteiger partial charge < -0.3 is 5.32 Å². The molecule has 1 heterocycles. The molecule has 0 spiro atoms. The van der Waals surface area contributed by atoms with E-state index in [0.717, 1.165) is 29.9 Å². The summed E-state index contributed by atoms with van der Waals surface area (Å²) >= 11 is 1.35. The first kappa shape index (κ1) is 19.6. The van der Waals surface area contributed by atoms with Crippen molar-refractivity contribution < 1.29 is 9.18 Å². The molecule has 3 aromatic rings. The first-order chi connectivity index (χ1) is 14.0. The molecule has 0 aliphatic heterocycles. The van der Waals surface area contributed by atoms with Gasteiger partial charge in [0.05, 0.1) is 17.0 Å². The van der Waals surface area contributed by atoms with E-state index in [1.807, 2.05) is 48.9 Å². The summed E-state index contributed by atoms with van der Waals surface area (Å²) in [4.78, 5) is 17.3. The fourth-order valence-electron chi connectivity index (χ4n) is 3.10. The van der Waals surface area contributed by atoms with Crippen LogP contribution in [0.1, 0.15) is 50.0 Å². The number of amides is 1. The number of rotatable bonds is 7. The van der Waals surface area contributed by atoms with Gasteiger partial charge in [-0.3, -0.25) is 4.79 Å². The van der Waals surface area contributed by atoms with Crippen molar-refractivity contribution in [2.75, 3.05) is 0 Å². The van der Waals surface area contributed by atoms with Gasteiger partial charge in [-0.2, -0.15) is 0 Å². The van der Waals surface area contributed by atoms with E-state index in [0.29, 0.717) is 11.1 Å². The predicted octanol–water partition coefficient (Wildman–Crippen LogP) is 4.64. The Hall–Kier alpha value is -2.67. The molecule has 1 aromatic heterocycles. The molecule has 5 nitrogen and oxygen atoms in total. The van der Waals surface area contributed by atoms with Crippen LogP contribution in [-0.2, 0) is 4.79 Å². The summed E-state index contributed by atoms with van der Waals surface area (Å²) in [6, 6.07) is 15.9. The van der Waals surface area contributed by atoms with Crippen LogP contribution in [0, 0.1) is 5.82 Å². The zero-order chi connectivity index (χ0) is 20.4. The molecule has 4 rings (SSSR count). The van der Waals surface area contributed by atoms with E-state index in [2.05, 4.69) is 10.4 Å². The van der Waals surface area contributed by atoms with E-state index >= 15 is 0 Å². The molecule has 0 bridgehead atoms. The van der Waals surface area contributed by atoms with Crippen LogP contribution in [0.15, 0.2) is 59.8 Å². The average molecular weight is 411 g/mol. The van der Waals surface area contributed by atoms with Crippen molar-refractivity contribution in [1.82, 2.24) is 20.1 Å². The van der Waals surface area contributed by atoms with Crippen molar-refractivity contribution in [3.63, 3.8) is 0 Å². The Balaban J connectivity index is 1.44. The first-order valence-electron chi connectivity index (χ1n) is 9.76. The van der Waals surface area contributed by atoms with Crippen LogP contribution in [0.3, 0.4) is 0 Å². The lowest BCUT2D eigenvalue weighted by molar-refractivity contribution is -0.120. The van der Waals surface area contributed by atoms with Gasteiger partial charge in [0.1, 0.15) is 11.6 Å². The topological polar surface area (TPSA) is 59.8 Å². The van der Waals surface area contributed by atoms with Crippen LogP contribution in [0.5, 0.6) is 0 Å². The van der Waals surface area contributed by atoms with Crippen molar-refractivity contribution in [2.45, 2.75) is 49.1 Å². The van der Waals surface area contributed by atoms with Crippen LogP contribution < -0.4 is 5.32 Å². The minimum absolute atomic E-state index is 0.101. The van der Waals surface area contributed by atoms with E-state index < -0.39 is 0 Å². The third-order valence-corrected chi connectivity index (χ3v) is 5.89. The number of hydrogen-bond donors (Lipinski definition) is 1. The number of aromatic nitrogens is 3. The van der Waals surface area contributed by atoms with Gasteiger partial charge in [0.2, 0.25) is 11.1 Å². The average Bonchev–Trinajstić information content (AvgIpc) is 3.49. The van der Waals surface area contributed by atoms with Crippen molar-refractivity contribution in [3.8, 4) is 5.69 Å². The highest BCUT2D eigenvalue weighted by atomic mass is 32.2. The SMILES string of the molecule is C[C@H](Sc1nc(C2CC2)n(-c2ccccc2)n1)C(=O)N[C@H](C)c1ccc(F)cc1. The molecule has 1 aliphatic rings. The van der Waals surface area contributed by atoms with E-state index in [1.165, 1.54) is 23.9 Å². The van der Waals surface area contributed by atoms with Crippen molar-refractivity contribution in [3.05, 3.63) is 71.8 Å². The molecule has 7 heteroatoms. The summed E-state index contributed by atoms with van der Waals surface area (Å²) < 4.78 is 15.0. The van der Waals surface area contributed by atoms with Crippen molar-refractivity contribution in [2.24, 2.45) is 0 Å². The molecule has 1 saturated carbocycles. The van der Waals surface area contributed by atoms with Crippen molar-refractivity contribution in [1.29, 1.82) is 0 Å². The fourth-order valence-corrected chi connectivity index (χ4v) is 3.86. The molecule has 1 N–H and O–H groups in total. The second-order valence-electron chi connectivity index (χ2n) is 7.32. The largest absolute Gasteiger partial charge is 0.349 e. The number of carbonyl (C=O) groups is 1. The molecule has 1 fully saturated rings. The minimum atomic E-state index is -0.350. The summed E-state index contributed by atoms with van der Waals surface area (Å²) in [5.41, 5.74) is 1.84. The maximum Gasteiger partial charge on any atom is 0.233 e. The molecule has 150 valence electrons. The Morgan fingerprint density at radius 1 is 1.14 bits per heavy atom. The Labute approximate surface area is 173 Å². The Morgan fingerprint density at radius 2 is 1.83 bits per heavy atom. The monoisotopic (exact) mass is 410 g/mol. The lowest BCUT2D eigenvalue weighted by Gasteiger charge is -2.17. The number of benzene rings is 2. The second kappa shape index (κ2) is 8.37. The fraction of sp³-hybridized carbons (Fsp3) is 0.318. The smallest absolute Gasteiger partial charge is 0.233 e. The molecule has 29 heavy (non-hydrogen) atoms. The van der Waals surface area contributed by atoms with Crippen LogP contribution in [-0.4, -0.2) is 25.9 Å². The first-order valence-corrected chi connectivity index (χ1v) is 10.6. The maximum absolute atomic E-state index is 13.1. The Morgan fingerprint density at radius 3 is 2.48 bits per heavy atom. The molecule has 1 amide bonds. The summed E-state index contributed by atoms with van der Waals surface area (Å²) in [5.74, 6) is 1.02. The predicted molar refractivity (Wildman–Crippen MR) is 112 cm³/mol. The van der Waals surface area contributed by atoms with E-state index in [1.54, 1.807) is 12.1 Å². The van der Waals surface area contributed by atoms with Gasteiger partial charge in [0.15, 0.2) is 0 Å². The third-order valence-electron chi connectivity index (χ3n) is 4.94. The van der Waals surface area contributed by atoms with E-state index in [-0.39, 0.29) is 23.0 Å². The number of carbonyl (C=O) groups excluding carboxylic acids is 1. The third kappa shape index (κ3) is 4.67. The molecular weight excluding hydrogens is 387 g/mol. The quantitative estimate of drug-likeness (QED) is 0.577. The molecule has 1 aliphatic carbocycles. The minimum Gasteiger partial charge on any atom is -0.349 e. The highest BCUT2D eigenvalue weighted by molar-refractivity contribution is 8.00.